The predicted octanol–water partition coefficient (Wildman–Crippen LogP) is 13.7. The largest absolute Gasteiger partial charge is 0.361 e. The molecule has 8 rings (SSSR count). The Balaban J connectivity index is 0.000000605. The van der Waals surface area contributed by atoms with Crippen LogP contribution < -0.4 is 0 Å². The van der Waals surface area contributed by atoms with Gasteiger partial charge in [-0.2, -0.15) is 0 Å². The van der Waals surface area contributed by atoms with Gasteiger partial charge in [0.15, 0.2) is 0 Å². The SMILES string of the molecule is CC.CC.CC.CC.Cc1ccccc1.c1cc(-c2ccncc2)ccn1.c1ccc2[nH]ccc2c1.c1ccc2ncccc2c1.c1ccncc1. The molecule has 0 aliphatic carbocycles. The van der Waals surface area contributed by atoms with Crippen molar-refractivity contribution in [3.05, 3.63) is 195 Å². The van der Waals surface area contributed by atoms with E-state index in [0.717, 1.165) is 5.52 Å². The van der Waals surface area contributed by atoms with Gasteiger partial charge in [0, 0.05) is 60.5 Å². The summed E-state index contributed by atoms with van der Waals surface area (Å²) in [5, 5.41) is 2.47. The number of rotatable bonds is 1. The fourth-order valence-electron chi connectivity index (χ4n) is 3.95. The van der Waals surface area contributed by atoms with Gasteiger partial charge in [-0.3, -0.25) is 19.9 Å². The fourth-order valence-corrected chi connectivity index (χ4v) is 3.95. The lowest BCUT2D eigenvalue weighted by atomic mass is 10.1. The topological polar surface area (TPSA) is 67.3 Å². The lowest BCUT2D eigenvalue weighted by Gasteiger charge is -1.97. The molecule has 0 aliphatic heterocycles. The van der Waals surface area contributed by atoms with Crippen LogP contribution in [0.3, 0.4) is 0 Å². The van der Waals surface area contributed by atoms with Crippen molar-refractivity contribution in [1.82, 2.24) is 24.9 Å². The van der Waals surface area contributed by atoms with E-state index < -0.39 is 0 Å². The number of hydrogen-bond donors (Lipinski definition) is 1. The van der Waals surface area contributed by atoms with E-state index in [2.05, 4.69) is 74.3 Å². The van der Waals surface area contributed by atoms with E-state index in [4.69, 9.17) is 0 Å². The molecule has 0 fully saturated rings. The highest BCUT2D eigenvalue weighted by atomic mass is 14.7. The highest BCUT2D eigenvalue weighted by Gasteiger charge is 1.93. The maximum absolute atomic E-state index is 4.18. The maximum Gasteiger partial charge on any atom is 0.0701 e. The number of pyridine rings is 4. The molecule has 8 aromatic rings. The molecule has 5 aromatic heterocycles. The molecular weight excluding hydrogens is 635 g/mol. The zero-order valence-electron chi connectivity index (χ0n) is 32.7. The van der Waals surface area contributed by atoms with Crippen molar-refractivity contribution in [2.45, 2.75) is 62.3 Å². The molecule has 0 radical (unpaired) electrons. The number of nitrogens with zero attached hydrogens (tertiary/aromatic N) is 4. The number of para-hydroxylation sites is 2. The first-order valence-corrected chi connectivity index (χ1v) is 18.3. The number of H-pyrrole nitrogens is 1. The molecule has 0 unspecified atom stereocenters. The van der Waals surface area contributed by atoms with E-state index in [1.165, 1.54) is 33.0 Å². The number of hydrogen-bond acceptors (Lipinski definition) is 4. The summed E-state index contributed by atoms with van der Waals surface area (Å²) in [7, 11) is 0. The van der Waals surface area contributed by atoms with Crippen LogP contribution in [0.5, 0.6) is 0 Å². The number of fused-ring (bicyclic) bond motifs is 2. The van der Waals surface area contributed by atoms with E-state index in [1.807, 2.05) is 165 Å². The second-order valence-corrected chi connectivity index (χ2v) is 9.41. The van der Waals surface area contributed by atoms with E-state index in [1.54, 1.807) is 37.2 Å². The van der Waals surface area contributed by atoms with E-state index >= 15 is 0 Å². The van der Waals surface area contributed by atoms with Gasteiger partial charge in [-0.25, -0.2) is 0 Å². The number of aryl methyl sites for hydroxylation is 1. The van der Waals surface area contributed by atoms with Gasteiger partial charge in [-0.1, -0.05) is 140 Å². The van der Waals surface area contributed by atoms with Gasteiger partial charge in [0.05, 0.1) is 5.52 Å². The van der Waals surface area contributed by atoms with Gasteiger partial charge >= 0.3 is 0 Å². The Morgan fingerprint density at radius 2 is 0.808 bits per heavy atom. The molecule has 0 bridgehead atoms. The van der Waals surface area contributed by atoms with Crippen LogP contribution in [0.4, 0.5) is 0 Å². The van der Waals surface area contributed by atoms with Gasteiger partial charge in [0.1, 0.15) is 0 Å². The molecule has 0 aliphatic rings. The zero-order chi connectivity index (χ0) is 38.5. The molecule has 272 valence electrons. The molecule has 52 heavy (non-hydrogen) atoms. The van der Waals surface area contributed by atoms with Crippen LogP contribution in [0.25, 0.3) is 32.9 Å². The Bertz CT molecular complexity index is 1700. The van der Waals surface area contributed by atoms with Gasteiger partial charge in [0.25, 0.3) is 0 Å². The lowest BCUT2D eigenvalue weighted by molar-refractivity contribution is 1.31. The highest BCUT2D eigenvalue weighted by molar-refractivity contribution is 5.79. The third-order valence-electron chi connectivity index (χ3n) is 6.18. The first-order chi connectivity index (χ1) is 25.8. The van der Waals surface area contributed by atoms with Crippen LogP contribution in [-0.2, 0) is 0 Å². The number of benzene rings is 3. The number of aromatic amines is 1. The van der Waals surface area contributed by atoms with Crippen LogP contribution in [0.15, 0.2) is 189 Å². The monoisotopic (exact) mass is 693 g/mol. The zero-order valence-corrected chi connectivity index (χ0v) is 32.7. The summed E-state index contributed by atoms with van der Waals surface area (Å²) in [6.07, 6.45) is 14.4. The minimum Gasteiger partial charge on any atom is -0.361 e. The highest BCUT2D eigenvalue weighted by Crippen LogP contribution is 2.15. The Labute approximate surface area is 313 Å². The molecule has 0 spiro atoms. The summed E-state index contributed by atoms with van der Waals surface area (Å²) < 4.78 is 0. The quantitative estimate of drug-likeness (QED) is 0.186. The van der Waals surface area contributed by atoms with E-state index in [0.29, 0.717) is 0 Å². The summed E-state index contributed by atoms with van der Waals surface area (Å²) in [5.41, 5.74) is 5.94. The Kier molecular flexibility index (Phi) is 29.7. The molecular formula is C47H59N5. The van der Waals surface area contributed by atoms with E-state index in [9.17, 15) is 0 Å². The normalized spacial score (nSPS) is 8.48. The molecule has 0 atom stereocenters. The molecule has 5 heteroatoms. The van der Waals surface area contributed by atoms with Crippen molar-refractivity contribution in [2.75, 3.05) is 0 Å². The maximum atomic E-state index is 4.18. The Morgan fingerprint density at radius 3 is 1.25 bits per heavy atom. The Hall–Kier alpha value is -5.94. The third-order valence-corrected chi connectivity index (χ3v) is 6.18. The molecule has 3 aromatic carbocycles. The van der Waals surface area contributed by atoms with Gasteiger partial charge in [-0.05, 0) is 84.1 Å². The summed E-state index contributed by atoms with van der Waals surface area (Å²) in [6, 6.07) is 46.3. The van der Waals surface area contributed by atoms with Crippen LogP contribution in [0.1, 0.15) is 61.0 Å². The molecule has 0 amide bonds. The van der Waals surface area contributed by atoms with Crippen LogP contribution in [0.2, 0.25) is 0 Å². The average Bonchev–Trinajstić information content (AvgIpc) is 3.76. The van der Waals surface area contributed by atoms with Crippen LogP contribution in [0, 0.1) is 6.92 Å². The molecule has 0 saturated heterocycles. The average molecular weight is 694 g/mol. The van der Waals surface area contributed by atoms with Crippen LogP contribution in [-0.4, -0.2) is 24.9 Å². The van der Waals surface area contributed by atoms with Crippen molar-refractivity contribution in [3.8, 4) is 11.1 Å². The number of aromatic nitrogens is 5. The lowest BCUT2D eigenvalue weighted by Crippen LogP contribution is -1.77. The second-order valence-electron chi connectivity index (χ2n) is 9.41. The summed E-state index contributed by atoms with van der Waals surface area (Å²) in [6.45, 7) is 18.1. The van der Waals surface area contributed by atoms with Crippen molar-refractivity contribution in [2.24, 2.45) is 0 Å². The van der Waals surface area contributed by atoms with Gasteiger partial charge in [0.2, 0.25) is 0 Å². The van der Waals surface area contributed by atoms with Crippen LogP contribution >= 0.6 is 0 Å². The molecule has 5 nitrogen and oxygen atoms in total. The van der Waals surface area contributed by atoms with Gasteiger partial charge in [-0.15, -0.1) is 0 Å². The minimum atomic E-state index is 1.06. The second kappa shape index (κ2) is 33.6. The first-order valence-electron chi connectivity index (χ1n) is 18.3. The number of nitrogens with one attached hydrogen (secondary N) is 1. The molecule has 0 saturated carbocycles. The fraction of sp³-hybridized carbons (Fsp3) is 0.191. The smallest absolute Gasteiger partial charge is 0.0701 e. The summed E-state index contributed by atoms with van der Waals surface area (Å²) >= 11 is 0. The van der Waals surface area contributed by atoms with Crippen molar-refractivity contribution in [3.63, 3.8) is 0 Å². The standard InChI is InChI=1S/C10H8N2.C9H7N.C8H7N.C7H8.C5H5N.4C2H6/c1-5-11-6-2-9(1)10-3-7-12-8-4-10;1-2-6-9-8(4-1)5-3-7-10-9;1-2-4-8-7(3-1)5-6-9-8;1-7-5-3-2-4-6-7;1-2-4-6-5-3-1;4*1-2/h1-8H;1-7H;1-6,9H;2-6H,1H3;1-5H;4*1-2H3. The van der Waals surface area contributed by atoms with E-state index in [-0.39, 0.29) is 0 Å². The molecule has 1 N–H and O–H groups in total. The molecule has 5 heterocycles. The van der Waals surface area contributed by atoms with Gasteiger partial charge < -0.3 is 4.98 Å². The first kappa shape index (κ1) is 46.1. The predicted molar refractivity (Wildman–Crippen MR) is 228 cm³/mol. The van der Waals surface area contributed by atoms with Crippen molar-refractivity contribution < 1.29 is 0 Å². The third kappa shape index (κ3) is 20.5. The summed E-state index contributed by atoms with van der Waals surface area (Å²) in [5.74, 6) is 0. The Morgan fingerprint density at radius 1 is 0.365 bits per heavy atom. The van der Waals surface area contributed by atoms with Crippen molar-refractivity contribution >= 4 is 21.8 Å². The summed E-state index contributed by atoms with van der Waals surface area (Å²) in [4.78, 5) is 19.0. The van der Waals surface area contributed by atoms with Crippen molar-refractivity contribution in [1.29, 1.82) is 0 Å². The minimum absolute atomic E-state index is 1.06.